The summed E-state index contributed by atoms with van der Waals surface area (Å²) < 4.78 is 18.6. The van der Waals surface area contributed by atoms with Crippen molar-refractivity contribution in [3.63, 3.8) is 0 Å². The zero-order valence-corrected chi connectivity index (χ0v) is 16.4. The van der Waals surface area contributed by atoms with E-state index in [1.54, 1.807) is 23.1 Å². The maximum atomic E-state index is 13.1. The summed E-state index contributed by atoms with van der Waals surface area (Å²) in [5, 5.41) is 0. The highest BCUT2D eigenvalue weighted by Gasteiger charge is 2.41. The number of aromatic nitrogens is 1. The normalized spacial score (nSPS) is 15.6. The molecule has 0 saturated heterocycles. The van der Waals surface area contributed by atoms with Gasteiger partial charge in [0.05, 0.1) is 5.69 Å². The average Bonchev–Trinajstić information content (AvgIpc) is 2.80. The first-order chi connectivity index (χ1) is 12.5. The SMILES string of the molecule is CC(C)(C)OC(=O)N1CC(C)(C)c2[nH]c(=O)c(Cc3ccc(F)cc3)cc21. The third-order valence-corrected chi connectivity index (χ3v) is 4.54. The lowest BCUT2D eigenvalue weighted by atomic mass is 9.91. The molecule has 0 atom stereocenters. The number of carbonyl (C=O) groups is 1. The van der Waals surface area contributed by atoms with E-state index in [0.717, 1.165) is 11.3 Å². The standard InChI is InChI=1S/C21H25FN2O3/c1-20(2,3)27-19(26)24-12-21(4,5)17-16(24)11-14(18(25)23-17)10-13-6-8-15(22)9-7-13/h6-9,11H,10,12H2,1-5H3,(H,23,25). The van der Waals surface area contributed by atoms with Crippen molar-refractivity contribution in [1.82, 2.24) is 4.98 Å². The van der Waals surface area contributed by atoms with Crippen molar-refractivity contribution >= 4 is 11.8 Å². The largest absolute Gasteiger partial charge is 0.443 e. The molecule has 2 aromatic rings. The zero-order valence-electron chi connectivity index (χ0n) is 16.4. The number of nitrogens with one attached hydrogen (secondary N) is 1. The first-order valence-electron chi connectivity index (χ1n) is 8.98. The quantitative estimate of drug-likeness (QED) is 0.862. The Labute approximate surface area is 158 Å². The average molecular weight is 372 g/mol. The minimum absolute atomic E-state index is 0.197. The van der Waals surface area contributed by atoms with Crippen molar-refractivity contribution < 1.29 is 13.9 Å². The molecule has 0 aliphatic carbocycles. The van der Waals surface area contributed by atoms with Gasteiger partial charge in [0.1, 0.15) is 11.4 Å². The molecule has 5 nitrogen and oxygen atoms in total. The number of pyridine rings is 1. The van der Waals surface area contributed by atoms with E-state index < -0.39 is 11.7 Å². The van der Waals surface area contributed by atoms with Crippen LogP contribution in [0.2, 0.25) is 0 Å². The number of rotatable bonds is 2. The molecule has 0 saturated carbocycles. The Morgan fingerprint density at radius 2 is 1.89 bits per heavy atom. The van der Waals surface area contributed by atoms with Gasteiger partial charge in [-0.2, -0.15) is 0 Å². The summed E-state index contributed by atoms with van der Waals surface area (Å²) in [6, 6.07) is 7.78. The fraction of sp³-hybridized carbons (Fsp3) is 0.429. The van der Waals surface area contributed by atoms with Crippen molar-refractivity contribution in [3.8, 4) is 0 Å². The van der Waals surface area contributed by atoms with Gasteiger partial charge in [0, 0.05) is 29.6 Å². The highest BCUT2D eigenvalue weighted by atomic mass is 19.1. The number of ether oxygens (including phenoxy) is 1. The maximum Gasteiger partial charge on any atom is 0.414 e. The van der Waals surface area contributed by atoms with E-state index >= 15 is 0 Å². The second-order valence-electron chi connectivity index (χ2n) is 8.64. The monoisotopic (exact) mass is 372 g/mol. The number of halogens is 1. The van der Waals surface area contributed by atoms with Gasteiger partial charge in [-0.1, -0.05) is 26.0 Å². The van der Waals surface area contributed by atoms with Crippen LogP contribution in [0.3, 0.4) is 0 Å². The van der Waals surface area contributed by atoms with Crippen LogP contribution >= 0.6 is 0 Å². The number of benzene rings is 1. The van der Waals surface area contributed by atoms with Crippen LogP contribution < -0.4 is 10.5 Å². The lowest BCUT2D eigenvalue weighted by Gasteiger charge is -2.25. The van der Waals surface area contributed by atoms with E-state index in [2.05, 4.69) is 4.98 Å². The van der Waals surface area contributed by atoms with E-state index in [1.165, 1.54) is 12.1 Å². The van der Waals surface area contributed by atoms with E-state index in [-0.39, 0.29) is 16.8 Å². The van der Waals surface area contributed by atoms with Crippen molar-refractivity contribution in [2.24, 2.45) is 0 Å². The van der Waals surface area contributed by atoms with Gasteiger partial charge in [0.25, 0.3) is 5.56 Å². The minimum atomic E-state index is -0.608. The summed E-state index contributed by atoms with van der Waals surface area (Å²) in [5.74, 6) is -0.320. The molecular formula is C21H25FN2O3. The molecule has 0 fully saturated rings. The van der Waals surface area contributed by atoms with Crippen LogP contribution in [-0.4, -0.2) is 23.2 Å². The summed E-state index contributed by atoms with van der Waals surface area (Å²) in [4.78, 5) is 29.8. The smallest absolute Gasteiger partial charge is 0.414 e. The van der Waals surface area contributed by atoms with Gasteiger partial charge >= 0.3 is 6.09 Å². The predicted molar refractivity (Wildman–Crippen MR) is 103 cm³/mol. The fourth-order valence-electron chi connectivity index (χ4n) is 3.28. The lowest BCUT2D eigenvalue weighted by molar-refractivity contribution is 0.0579. The Kier molecular flexibility index (Phi) is 4.62. The molecule has 3 rings (SSSR count). The van der Waals surface area contributed by atoms with Crippen molar-refractivity contribution in [1.29, 1.82) is 0 Å². The molecule has 1 aliphatic heterocycles. The van der Waals surface area contributed by atoms with Crippen molar-refractivity contribution in [2.45, 2.75) is 52.1 Å². The molecule has 1 aromatic carbocycles. The first kappa shape index (κ1) is 19.1. The van der Waals surface area contributed by atoms with Crippen molar-refractivity contribution in [3.05, 3.63) is 63.3 Å². The molecule has 1 aromatic heterocycles. The summed E-state index contributed by atoms with van der Waals surface area (Å²) in [5.41, 5.74) is 1.53. The summed E-state index contributed by atoms with van der Waals surface area (Å²) in [6.45, 7) is 9.84. The molecule has 1 amide bonds. The van der Waals surface area contributed by atoms with Crippen molar-refractivity contribution in [2.75, 3.05) is 11.4 Å². The number of carbonyl (C=O) groups excluding carboxylic acids is 1. The molecule has 144 valence electrons. The third kappa shape index (κ3) is 4.04. The highest BCUT2D eigenvalue weighted by molar-refractivity contribution is 5.91. The number of fused-ring (bicyclic) bond motifs is 1. The van der Waals surface area contributed by atoms with Crippen LogP contribution in [0.4, 0.5) is 14.9 Å². The Morgan fingerprint density at radius 1 is 1.26 bits per heavy atom. The van der Waals surface area contributed by atoms with Gasteiger partial charge in [0.2, 0.25) is 0 Å². The van der Waals surface area contributed by atoms with Gasteiger partial charge in [-0.25, -0.2) is 9.18 Å². The Morgan fingerprint density at radius 3 is 2.48 bits per heavy atom. The van der Waals surface area contributed by atoms with Gasteiger partial charge < -0.3 is 9.72 Å². The maximum absolute atomic E-state index is 13.1. The van der Waals surface area contributed by atoms with E-state index in [1.807, 2.05) is 34.6 Å². The van der Waals surface area contributed by atoms with Gasteiger partial charge in [-0.05, 0) is 44.5 Å². The van der Waals surface area contributed by atoms with Crippen LogP contribution in [0.1, 0.15) is 51.4 Å². The van der Waals surface area contributed by atoms with Gasteiger partial charge in [-0.3, -0.25) is 9.69 Å². The molecular weight excluding hydrogens is 347 g/mol. The molecule has 2 heterocycles. The number of H-pyrrole nitrogens is 1. The Hall–Kier alpha value is -2.63. The second kappa shape index (κ2) is 6.51. The van der Waals surface area contributed by atoms with Crippen LogP contribution in [0, 0.1) is 5.82 Å². The van der Waals surface area contributed by atoms with E-state index in [4.69, 9.17) is 4.74 Å². The number of nitrogens with zero attached hydrogens (tertiary/aromatic N) is 1. The van der Waals surface area contributed by atoms with Crippen LogP contribution in [-0.2, 0) is 16.6 Å². The first-order valence-corrected chi connectivity index (χ1v) is 8.98. The molecule has 0 radical (unpaired) electrons. The Balaban J connectivity index is 1.99. The lowest BCUT2D eigenvalue weighted by Crippen LogP contribution is -2.38. The Bertz CT molecular complexity index is 924. The number of amides is 1. The molecule has 0 bridgehead atoms. The van der Waals surface area contributed by atoms with Crippen LogP contribution in [0.15, 0.2) is 35.1 Å². The summed E-state index contributed by atoms with van der Waals surface area (Å²) in [6.07, 6.45) is -0.0834. The molecule has 0 unspecified atom stereocenters. The number of anilines is 1. The molecule has 27 heavy (non-hydrogen) atoms. The third-order valence-electron chi connectivity index (χ3n) is 4.54. The highest BCUT2D eigenvalue weighted by Crippen LogP contribution is 2.39. The fourth-order valence-corrected chi connectivity index (χ4v) is 3.28. The second-order valence-corrected chi connectivity index (χ2v) is 8.64. The van der Waals surface area contributed by atoms with Crippen LogP contribution in [0.5, 0.6) is 0 Å². The minimum Gasteiger partial charge on any atom is -0.443 e. The number of aromatic amines is 1. The molecule has 1 N–H and O–H groups in total. The molecule has 0 spiro atoms. The zero-order chi connectivity index (χ0) is 20.0. The summed E-state index contributed by atoms with van der Waals surface area (Å²) >= 11 is 0. The number of hydrogen-bond donors (Lipinski definition) is 1. The number of hydrogen-bond acceptors (Lipinski definition) is 3. The molecule has 6 heteroatoms. The van der Waals surface area contributed by atoms with E-state index in [0.29, 0.717) is 24.2 Å². The van der Waals surface area contributed by atoms with Crippen LogP contribution in [0.25, 0.3) is 0 Å². The predicted octanol–water partition coefficient (Wildman–Crippen LogP) is 4.14. The van der Waals surface area contributed by atoms with Gasteiger partial charge in [-0.15, -0.1) is 0 Å². The molecule has 1 aliphatic rings. The van der Waals surface area contributed by atoms with E-state index in [9.17, 15) is 14.0 Å². The summed E-state index contributed by atoms with van der Waals surface area (Å²) in [7, 11) is 0. The topological polar surface area (TPSA) is 62.4 Å². The van der Waals surface area contributed by atoms with Gasteiger partial charge in [0.15, 0.2) is 0 Å².